The van der Waals surface area contributed by atoms with Gasteiger partial charge in [0.05, 0.1) is 0 Å². The second kappa shape index (κ2) is 11.0. The van der Waals surface area contributed by atoms with Crippen LogP contribution >= 0.6 is 11.6 Å². The lowest BCUT2D eigenvalue weighted by atomic mass is 10.1. The molecule has 1 saturated carbocycles. The van der Waals surface area contributed by atoms with Gasteiger partial charge in [-0.2, -0.15) is 15.0 Å². The highest BCUT2D eigenvalue weighted by atomic mass is 35.5. The smallest absolute Gasteiger partial charge is 0.233 e. The molecule has 8 heteroatoms. The lowest BCUT2D eigenvalue weighted by Crippen LogP contribution is -2.35. The minimum atomic E-state index is 0.423. The van der Waals surface area contributed by atoms with Gasteiger partial charge < -0.3 is 16.0 Å². The molecule has 0 spiro atoms. The van der Waals surface area contributed by atoms with Crippen molar-refractivity contribution in [1.29, 1.82) is 0 Å². The summed E-state index contributed by atoms with van der Waals surface area (Å²) >= 11 is 6.02. The van der Waals surface area contributed by atoms with Crippen LogP contribution in [0.2, 0.25) is 5.02 Å². The molecule has 1 unspecified atom stereocenters. The number of halogens is 1. The number of benzene rings is 1. The Bertz CT molecular complexity index is 821. The maximum Gasteiger partial charge on any atom is 0.233 e. The number of anilines is 4. The van der Waals surface area contributed by atoms with Gasteiger partial charge in [0.2, 0.25) is 17.8 Å². The molecule has 0 bridgehead atoms. The number of nitrogens with one attached hydrogen (secondary N) is 3. The number of likely N-dealkylation sites (tertiary alicyclic amines) is 1. The van der Waals surface area contributed by atoms with E-state index in [4.69, 9.17) is 16.6 Å². The molecule has 1 aromatic carbocycles. The van der Waals surface area contributed by atoms with E-state index in [1.165, 1.54) is 57.9 Å². The van der Waals surface area contributed by atoms with Crippen molar-refractivity contribution in [3.05, 3.63) is 29.3 Å². The monoisotopic (exact) mass is 443 g/mol. The topological polar surface area (TPSA) is 78.0 Å². The normalized spacial score (nSPS) is 20.4. The Kier molecular flexibility index (Phi) is 7.81. The average molecular weight is 444 g/mol. The fourth-order valence-corrected chi connectivity index (χ4v) is 4.72. The van der Waals surface area contributed by atoms with Gasteiger partial charge in [0.1, 0.15) is 0 Å². The largest absolute Gasteiger partial charge is 0.352 e. The van der Waals surface area contributed by atoms with E-state index in [0.29, 0.717) is 35.0 Å². The van der Waals surface area contributed by atoms with Crippen LogP contribution < -0.4 is 16.0 Å². The first-order chi connectivity index (χ1) is 15.2. The molecule has 4 rings (SSSR count). The Balaban J connectivity index is 1.49. The van der Waals surface area contributed by atoms with Crippen molar-refractivity contribution < 1.29 is 0 Å². The van der Waals surface area contributed by atoms with E-state index in [-0.39, 0.29) is 0 Å². The SMILES string of the molecule is CCN1CCCC1CNc1nc(Nc2ccc(Cl)cc2)nc(NC2CCCCCC2)n1. The Morgan fingerprint density at radius 2 is 1.61 bits per heavy atom. The van der Waals surface area contributed by atoms with Crippen molar-refractivity contribution in [3.8, 4) is 0 Å². The van der Waals surface area contributed by atoms with Gasteiger partial charge in [-0.15, -0.1) is 0 Å². The molecule has 1 atom stereocenters. The predicted molar refractivity (Wildman–Crippen MR) is 128 cm³/mol. The van der Waals surface area contributed by atoms with E-state index >= 15 is 0 Å². The van der Waals surface area contributed by atoms with Crippen LogP contribution in [0.25, 0.3) is 0 Å². The van der Waals surface area contributed by atoms with Gasteiger partial charge in [-0.3, -0.25) is 4.90 Å². The summed E-state index contributed by atoms with van der Waals surface area (Å²) in [5.74, 6) is 1.79. The molecule has 7 nitrogen and oxygen atoms in total. The highest BCUT2D eigenvalue weighted by Crippen LogP contribution is 2.23. The van der Waals surface area contributed by atoms with Crippen LogP contribution in [0.5, 0.6) is 0 Å². The van der Waals surface area contributed by atoms with E-state index in [1.807, 2.05) is 24.3 Å². The fraction of sp³-hybridized carbons (Fsp3) is 0.609. The van der Waals surface area contributed by atoms with Crippen LogP contribution in [0.1, 0.15) is 58.3 Å². The molecule has 0 radical (unpaired) electrons. The number of hydrogen-bond acceptors (Lipinski definition) is 7. The molecule has 1 aliphatic carbocycles. The van der Waals surface area contributed by atoms with Gasteiger partial charge in [0.15, 0.2) is 0 Å². The quantitative estimate of drug-likeness (QED) is 0.478. The first kappa shape index (κ1) is 22.1. The lowest BCUT2D eigenvalue weighted by molar-refractivity contribution is 0.277. The summed E-state index contributed by atoms with van der Waals surface area (Å²) < 4.78 is 0. The van der Waals surface area contributed by atoms with Gasteiger partial charge in [-0.1, -0.05) is 44.2 Å². The zero-order chi connectivity index (χ0) is 21.5. The van der Waals surface area contributed by atoms with Crippen molar-refractivity contribution in [2.24, 2.45) is 0 Å². The van der Waals surface area contributed by atoms with E-state index in [1.54, 1.807) is 0 Å². The molecule has 2 heterocycles. The Morgan fingerprint density at radius 3 is 2.35 bits per heavy atom. The summed E-state index contributed by atoms with van der Waals surface area (Å²) in [6.07, 6.45) is 9.98. The summed E-state index contributed by atoms with van der Waals surface area (Å²) in [5.41, 5.74) is 0.898. The number of aromatic nitrogens is 3. The third kappa shape index (κ3) is 6.43. The van der Waals surface area contributed by atoms with Crippen molar-refractivity contribution in [2.75, 3.05) is 35.6 Å². The first-order valence-electron chi connectivity index (χ1n) is 11.7. The molecule has 1 saturated heterocycles. The van der Waals surface area contributed by atoms with E-state index < -0.39 is 0 Å². The minimum absolute atomic E-state index is 0.423. The minimum Gasteiger partial charge on any atom is -0.352 e. The Labute approximate surface area is 190 Å². The molecule has 3 N–H and O–H groups in total. The summed E-state index contributed by atoms with van der Waals surface area (Å²) in [6.45, 7) is 5.34. The molecule has 2 aliphatic rings. The van der Waals surface area contributed by atoms with E-state index in [2.05, 4.69) is 37.7 Å². The number of rotatable bonds is 8. The molecular formula is C23H34ClN7. The third-order valence-electron chi connectivity index (χ3n) is 6.33. The molecule has 1 aliphatic heterocycles. The molecular weight excluding hydrogens is 410 g/mol. The number of likely N-dealkylation sites (N-methyl/N-ethyl adjacent to an activating group) is 1. The van der Waals surface area contributed by atoms with Crippen LogP contribution in [-0.4, -0.2) is 51.6 Å². The first-order valence-corrected chi connectivity index (χ1v) is 12.1. The summed E-state index contributed by atoms with van der Waals surface area (Å²) in [5, 5.41) is 11.0. The van der Waals surface area contributed by atoms with Crippen LogP contribution in [-0.2, 0) is 0 Å². The standard InChI is InChI=1S/C23H34ClN7/c1-2-31-15-7-10-20(31)16-25-21-28-22(26-18-8-5-3-4-6-9-18)30-23(29-21)27-19-13-11-17(24)12-14-19/h11-14,18,20H,2-10,15-16H2,1H3,(H3,25,26,27,28,29,30). The van der Waals surface area contributed by atoms with Gasteiger partial charge >= 0.3 is 0 Å². The van der Waals surface area contributed by atoms with Gasteiger partial charge in [0.25, 0.3) is 0 Å². The molecule has 0 amide bonds. The van der Waals surface area contributed by atoms with Gasteiger partial charge in [0, 0.05) is 29.3 Å². The summed E-state index contributed by atoms with van der Waals surface area (Å²) in [6, 6.07) is 8.52. The van der Waals surface area contributed by atoms with Crippen molar-refractivity contribution >= 4 is 35.1 Å². The second-order valence-electron chi connectivity index (χ2n) is 8.58. The number of nitrogens with zero attached hydrogens (tertiary/aromatic N) is 4. The van der Waals surface area contributed by atoms with Crippen LogP contribution in [0, 0.1) is 0 Å². The second-order valence-corrected chi connectivity index (χ2v) is 9.01. The summed E-state index contributed by atoms with van der Waals surface area (Å²) in [4.78, 5) is 16.5. The average Bonchev–Trinajstić information content (AvgIpc) is 3.08. The highest BCUT2D eigenvalue weighted by molar-refractivity contribution is 6.30. The number of hydrogen-bond donors (Lipinski definition) is 3. The predicted octanol–water partition coefficient (Wildman–Crippen LogP) is 5.30. The molecule has 2 aromatic rings. The highest BCUT2D eigenvalue weighted by Gasteiger charge is 2.23. The zero-order valence-electron chi connectivity index (χ0n) is 18.4. The van der Waals surface area contributed by atoms with E-state index in [0.717, 1.165) is 18.8 Å². The summed E-state index contributed by atoms with van der Waals surface area (Å²) in [7, 11) is 0. The maximum absolute atomic E-state index is 6.02. The molecule has 1 aromatic heterocycles. The van der Waals surface area contributed by atoms with Crippen molar-refractivity contribution in [3.63, 3.8) is 0 Å². The van der Waals surface area contributed by atoms with Crippen LogP contribution in [0.15, 0.2) is 24.3 Å². The third-order valence-corrected chi connectivity index (χ3v) is 6.58. The Morgan fingerprint density at radius 1 is 0.903 bits per heavy atom. The van der Waals surface area contributed by atoms with Crippen molar-refractivity contribution in [1.82, 2.24) is 19.9 Å². The molecule has 168 valence electrons. The lowest BCUT2D eigenvalue weighted by Gasteiger charge is -2.23. The van der Waals surface area contributed by atoms with Crippen LogP contribution in [0.4, 0.5) is 23.5 Å². The van der Waals surface area contributed by atoms with Crippen molar-refractivity contribution in [2.45, 2.75) is 70.4 Å². The maximum atomic E-state index is 6.02. The fourth-order valence-electron chi connectivity index (χ4n) is 4.60. The van der Waals surface area contributed by atoms with Gasteiger partial charge in [-0.25, -0.2) is 0 Å². The Hall–Kier alpha value is -2.12. The van der Waals surface area contributed by atoms with Gasteiger partial charge in [-0.05, 0) is 63.0 Å². The van der Waals surface area contributed by atoms with Crippen LogP contribution in [0.3, 0.4) is 0 Å². The molecule has 31 heavy (non-hydrogen) atoms. The van der Waals surface area contributed by atoms with E-state index in [9.17, 15) is 0 Å². The zero-order valence-corrected chi connectivity index (χ0v) is 19.2. The molecule has 2 fully saturated rings.